The maximum atomic E-state index is 5.72. The predicted octanol–water partition coefficient (Wildman–Crippen LogP) is 1.50. The molecule has 0 saturated carbocycles. The lowest BCUT2D eigenvalue weighted by Gasteiger charge is -2.37. The van der Waals surface area contributed by atoms with Gasteiger partial charge in [-0.15, -0.1) is 0 Å². The van der Waals surface area contributed by atoms with E-state index in [0.717, 1.165) is 0 Å². The summed E-state index contributed by atoms with van der Waals surface area (Å²) in [6, 6.07) is 0.617. The van der Waals surface area contributed by atoms with E-state index in [4.69, 9.17) is 4.74 Å². The first-order chi connectivity index (χ1) is 5.11. The zero-order chi connectivity index (χ0) is 8.43. The Bertz CT molecular complexity index is 125. The highest BCUT2D eigenvalue weighted by Crippen LogP contribution is 2.21. The van der Waals surface area contributed by atoms with Crippen molar-refractivity contribution in [2.45, 2.75) is 44.9 Å². The van der Waals surface area contributed by atoms with Crippen LogP contribution in [0.5, 0.6) is 0 Å². The van der Waals surface area contributed by atoms with Gasteiger partial charge in [0.1, 0.15) is 0 Å². The molecular weight excluding hydrogens is 138 g/mol. The van der Waals surface area contributed by atoms with Crippen molar-refractivity contribution in [3.05, 3.63) is 0 Å². The molecule has 1 aliphatic rings. The predicted molar refractivity (Wildman–Crippen MR) is 46.7 cm³/mol. The third kappa shape index (κ3) is 2.17. The molecule has 1 saturated heterocycles. The molecule has 3 unspecified atom stereocenters. The molecule has 0 amide bonds. The van der Waals surface area contributed by atoms with Crippen LogP contribution in [-0.2, 0) is 4.74 Å². The number of nitrogens with zero attached hydrogens (tertiary/aromatic N) is 1. The van der Waals surface area contributed by atoms with E-state index in [0.29, 0.717) is 18.2 Å². The lowest BCUT2D eigenvalue weighted by molar-refractivity contribution is -0.0721. The molecular formula is C9H19NO. The van der Waals surface area contributed by atoms with E-state index in [1.165, 1.54) is 12.8 Å². The van der Waals surface area contributed by atoms with Crippen LogP contribution in [0.3, 0.4) is 0 Å². The molecule has 0 radical (unpaired) electrons. The average molecular weight is 157 g/mol. The molecule has 0 aliphatic carbocycles. The number of ether oxygens (including phenoxy) is 1. The molecule has 0 aromatic heterocycles. The van der Waals surface area contributed by atoms with E-state index in [1.54, 1.807) is 0 Å². The number of hydrogen-bond donors (Lipinski definition) is 0. The van der Waals surface area contributed by atoms with Crippen LogP contribution in [0.15, 0.2) is 0 Å². The third-order valence-electron chi connectivity index (χ3n) is 2.52. The van der Waals surface area contributed by atoms with Crippen LogP contribution in [0.25, 0.3) is 0 Å². The molecule has 2 nitrogen and oxygen atoms in total. The third-order valence-corrected chi connectivity index (χ3v) is 2.52. The van der Waals surface area contributed by atoms with Gasteiger partial charge in [-0.2, -0.15) is 0 Å². The Labute approximate surface area is 69.5 Å². The molecule has 1 heterocycles. The standard InChI is InChI=1S/C9H19NO/c1-7-5-6-9(10(3)4)8(2)11-7/h7-9H,5-6H2,1-4H3. The summed E-state index contributed by atoms with van der Waals surface area (Å²) in [5.74, 6) is 0. The van der Waals surface area contributed by atoms with Crippen molar-refractivity contribution in [1.29, 1.82) is 0 Å². The monoisotopic (exact) mass is 157 g/mol. The zero-order valence-corrected chi connectivity index (χ0v) is 8.00. The van der Waals surface area contributed by atoms with Crippen LogP contribution < -0.4 is 0 Å². The summed E-state index contributed by atoms with van der Waals surface area (Å²) >= 11 is 0. The van der Waals surface area contributed by atoms with E-state index < -0.39 is 0 Å². The van der Waals surface area contributed by atoms with Gasteiger partial charge in [0, 0.05) is 6.04 Å². The maximum Gasteiger partial charge on any atom is 0.0705 e. The van der Waals surface area contributed by atoms with Gasteiger partial charge in [-0.05, 0) is 40.8 Å². The largest absolute Gasteiger partial charge is 0.374 e. The molecule has 1 fully saturated rings. The lowest BCUT2D eigenvalue weighted by Crippen LogP contribution is -2.44. The smallest absolute Gasteiger partial charge is 0.0705 e. The summed E-state index contributed by atoms with van der Waals surface area (Å²) in [6.07, 6.45) is 3.33. The summed E-state index contributed by atoms with van der Waals surface area (Å²) in [5, 5.41) is 0. The Kier molecular flexibility index (Phi) is 2.90. The Balaban J connectivity index is 2.44. The molecule has 0 N–H and O–H groups in total. The van der Waals surface area contributed by atoms with Gasteiger partial charge in [-0.3, -0.25) is 0 Å². The van der Waals surface area contributed by atoms with Crippen LogP contribution in [0, 0.1) is 0 Å². The Hall–Kier alpha value is -0.0800. The molecule has 0 bridgehead atoms. The second-order valence-electron chi connectivity index (χ2n) is 3.76. The molecule has 1 rings (SSSR count). The van der Waals surface area contributed by atoms with Gasteiger partial charge in [-0.25, -0.2) is 0 Å². The molecule has 0 spiro atoms. The van der Waals surface area contributed by atoms with E-state index in [9.17, 15) is 0 Å². The first-order valence-electron chi connectivity index (χ1n) is 4.43. The first kappa shape index (κ1) is 9.01. The van der Waals surface area contributed by atoms with Crippen molar-refractivity contribution in [2.24, 2.45) is 0 Å². The zero-order valence-electron chi connectivity index (χ0n) is 8.00. The molecule has 1 aliphatic heterocycles. The molecule has 0 aromatic carbocycles. The van der Waals surface area contributed by atoms with Crippen molar-refractivity contribution in [3.8, 4) is 0 Å². The van der Waals surface area contributed by atoms with Crippen molar-refractivity contribution in [1.82, 2.24) is 4.90 Å². The van der Waals surface area contributed by atoms with Crippen molar-refractivity contribution < 1.29 is 4.74 Å². The Morgan fingerprint density at radius 3 is 2.27 bits per heavy atom. The Morgan fingerprint density at radius 2 is 1.82 bits per heavy atom. The summed E-state index contributed by atoms with van der Waals surface area (Å²) in [4.78, 5) is 2.26. The Morgan fingerprint density at radius 1 is 1.18 bits per heavy atom. The quantitative estimate of drug-likeness (QED) is 0.572. The SMILES string of the molecule is CC1CCC(N(C)C)C(C)O1. The van der Waals surface area contributed by atoms with Gasteiger partial charge in [-0.1, -0.05) is 0 Å². The topological polar surface area (TPSA) is 12.5 Å². The minimum absolute atomic E-state index is 0.397. The van der Waals surface area contributed by atoms with E-state index in [1.807, 2.05) is 0 Å². The van der Waals surface area contributed by atoms with E-state index in [-0.39, 0.29) is 0 Å². The van der Waals surface area contributed by atoms with Crippen molar-refractivity contribution in [2.75, 3.05) is 14.1 Å². The lowest BCUT2D eigenvalue weighted by atomic mass is 9.99. The van der Waals surface area contributed by atoms with Gasteiger partial charge in [0.15, 0.2) is 0 Å². The number of hydrogen-bond acceptors (Lipinski definition) is 2. The summed E-state index contributed by atoms with van der Waals surface area (Å²) in [7, 11) is 4.25. The van der Waals surface area contributed by atoms with Crippen LogP contribution in [0.1, 0.15) is 26.7 Å². The van der Waals surface area contributed by atoms with Gasteiger partial charge < -0.3 is 9.64 Å². The highest BCUT2D eigenvalue weighted by atomic mass is 16.5. The van der Waals surface area contributed by atoms with Gasteiger partial charge in [0.25, 0.3) is 0 Å². The average Bonchev–Trinajstić information content (AvgIpc) is 1.85. The van der Waals surface area contributed by atoms with Crippen LogP contribution in [0.4, 0.5) is 0 Å². The van der Waals surface area contributed by atoms with Gasteiger partial charge in [0.05, 0.1) is 12.2 Å². The van der Waals surface area contributed by atoms with Crippen molar-refractivity contribution in [3.63, 3.8) is 0 Å². The second kappa shape index (κ2) is 3.55. The second-order valence-corrected chi connectivity index (χ2v) is 3.76. The van der Waals surface area contributed by atoms with Crippen LogP contribution in [0.2, 0.25) is 0 Å². The maximum absolute atomic E-state index is 5.72. The minimum atomic E-state index is 0.397. The summed E-state index contributed by atoms with van der Waals surface area (Å²) in [5.41, 5.74) is 0. The van der Waals surface area contributed by atoms with E-state index in [2.05, 4.69) is 32.8 Å². The van der Waals surface area contributed by atoms with E-state index >= 15 is 0 Å². The number of likely N-dealkylation sites (N-methyl/N-ethyl adjacent to an activating group) is 1. The normalized spacial score (nSPS) is 39.5. The molecule has 11 heavy (non-hydrogen) atoms. The highest BCUT2D eigenvalue weighted by Gasteiger charge is 2.26. The summed E-state index contributed by atoms with van der Waals surface area (Å²) in [6.45, 7) is 4.32. The van der Waals surface area contributed by atoms with Crippen LogP contribution >= 0.6 is 0 Å². The minimum Gasteiger partial charge on any atom is -0.374 e. The highest BCUT2D eigenvalue weighted by molar-refractivity contribution is 4.79. The van der Waals surface area contributed by atoms with Crippen molar-refractivity contribution >= 4 is 0 Å². The fraction of sp³-hybridized carbons (Fsp3) is 1.00. The molecule has 3 atom stereocenters. The molecule has 2 heteroatoms. The first-order valence-corrected chi connectivity index (χ1v) is 4.43. The molecule has 0 aromatic rings. The van der Waals surface area contributed by atoms with Gasteiger partial charge in [0.2, 0.25) is 0 Å². The fourth-order valence-corrected chi connectivity index (χ4v) is 1.84. The number of rotatable bonds is 1. The van der Waals surface area contributed by atoms with Gasteiger partial charge >= 0.3 is 0 Å². The summed E-state index contributed by atoms with van der Waals surface area (Å²) < 4.78 is 5.72. The van der Waals surface area contributed by atoms with Crippen LogP contribution in [-0.4, -0.2) is 37.2 Å². The fourth-order valence-electron chi connectivity index (χ4n) is 1.84. The molecule has 66 valence electrons.